The zero-order valence-electron chi connectivity index (χ0n) is 11.3. The summed E-state index contributed by atoms with van der Waals surface area (Å²) >= 11 is 0. The highest BCUT2D eigenvalue weighted by Crippen LogP contribution is 2.15. The number of hydrogen-bond acceptors (Lipinski definition) is 5. The summed E-state index contributed by atoms with van der Waals surface area (Å²) in [5.74, 6) is 1.46. The van der Waals surface area contributed by atoms with E-state index < -0.39 is 0 Å². The zero-order valence-corrected chi connectivity index (χ0v) is 11.3. The van der Waals surface area contributed by atoms with Gasteiger partial charge in [0.2, 0.25) is 5.91 Å². The van der Waals surface area contributed by atoms with Gasteiger partial charge in [-0.05, 0) is 6.42 Å². The Bertz CT molecular complexity index is 591. The Morgan fingerprint density at radius 3 is 2.95 bits per heavy atom. The summed E-state index contributed by atoms with van der Waals surface area (Å²) in [6.45, 7) is 1.31. The number of rotatable bonds is 3. The van der Waals surface area contributed by atoms with Crippen LogP contribution in [0.25, 0.3) is 0 Å². The van der Waals surface area contributed by atoms with E-state index in [1.807, 2.05) is 0 Å². The van der Waals surface area contributed by atoms with Gasteiger partial charge >= 0.3 is 0 Å². The lowest BCUT2D eigenvalue weighted by atomic mass is 10.1. The normalized spacial score (nSPS) is 17.4. The summed E-state index contributed by atoms with van der Waals surface area (Å²) in [6, 6.07) is 0. The molecule has 0 saturated heterocycles. The molecule has 8 heteroatoms. The lowest BCUT2D eigenvalue weighted by Gasteiger charge is -2.19. The molecule has 0 saturated carbocycles. The Hall–Kier alpha value is -2.25. The maximum absolute atomic E-state index is 12.2. The molecular weight excluding hydrogens is 260 g/mol. The molecule has 0 aromatic carbocycles. The third-order valence-electron chi connectivity index (χ3n) is 3.56. The van der Waals surface area contributed by atoms with Crippen LogP contribution in [0, 0.1) is 0 Å². The summed E-state index contributed by atoms with van der Waals surface area (Å²) in [4.78, 5) is 24.8. The Morgan fingerprint density at radius 2 is 2.20 bits per heavy atom. The van der Waals surface area contributed by atoms with E-state index >= 15 is 0 Å². The lowest BCUT2D eigenvalue weighted by Crippen LogP contribution is -2.38. The van der Waals surface area contributed by atoms with Crippen LogP contribution in [0.5, 0.6) is 0 Å². The first-order valence-corrected chi connectivity index (χ1v) is 6.67. The molecule has 20 heavy (non-hydrogen) atoms. The Morgan fingerprint density at radius 1 is 1.35 bits per heavy atom. The van der Waals surface area contributed by atoms with E-state index in [9.17, 15) is 9.59 Å². The van der Waals surface area contributed by atoms with E-state index in [1.54, 1.807) is 11.9 Å². The van der Waals surface area contributed by atoms with Gasteiger partial charge in [-0.15, -0.1) is 10.2 Å². The van der Waals surface area contributed by atoms with Crippen molar-refractivity contribution in [3.05, 3.63) is 11.6 Å². The molecule has 0 spiro atoms. The van der Waals surface area contributed by atoms with Gasteiger partial charge in [-0.25, -0.2) is 5.43 Å². The van der Waals surface area contributed by atoms with Gasteiger partial charge in [-0.1, -0.05) is 0 Å². The largest absolute Gasteiger partial charge is 0.333 e. The number of hydrazone groups is 1. The number of carbonyl (C=O) groups excluding carboxylic acids is 2. The highest BCUT2D eigenvalue weighted by atomic mass is 16.2. The van der Waals surface area contributed by atoms with Gasteiger partial charge in [0.25, 0.3) is 5.91 Å². The summed E-state index contributed by atoms with van der Waals surface area (Å²) < 4.78 is 2.06. The van der Waals surface area contributed by atoms with Gasteiger partial charge in [0.1, 0.15) is 11.5 Å². The van der Waals surface area contributed by atoms with Crippen molar-refractivity contribution in [1.82, 2.24) is 25.1 Å². The molecule has 0 radical (unpaired) electrons. The molecule has 0 atom stereocenters. The van der Waals surface area contributed by atoms with Crippen LogP contribution in [0.1, 0.15) is 30.9 Å². The number of hydrogen-bond donors (Lipinski definition) is 1. The number of fused-ring (bicyclic) bond motifs is 1. The molecule has 1 N–H and O–H groups in total. The van der Waals surface area contributed by atoms with Crippen LogP contribution in [0.2, 0.25) is 0 Å². The number of aryl methyl sites for hydroxylation is 1. The maximum atomic E-state index is 12.2. The summed E-state index contributed by atoms with van der Waals surface area (Å²) in [6.07, 6.45) is 2.71. The number of nitrogens with one attached hydrogen (secondary N) is 1. The smallest absolute Gasteiger partial charge is 0.270 e. The molecule has 0 bridgehead atoms. The van der Waals surface area contributed by atoms with Gasteiger partial charge < -0.3 is 9.47 Å². The minimum atomic E-state index is -0.180. The molecule has 2 aliphatic heterocycles. The standard InChI is InChI=1S/C12H16N6O2/c1-17(12(20)8-4-5-11(19)16-13-8)7-10-15-14-9-3-2-6-18(9)10/h2-7H2,1H3,(H,16,19). The van der Waals surface area contributed by atoms with Crippen LogP contribution >= 0.6 is 0 Å². The number of carbonyl (C=O) groups is 2. The van der Waals surface area contributed by atoms with Gasteiger partial charge in [-0.3, -0.25) is 9.59 Å². The van der Waals surface area contributed by atoms with Crippen molar-refractivity contribution in [3.8, 4) is 0 Å². The fourth-order valence-corrected chi connectivity index (χ4v) is 2.46. The average Bonchev–Trinajstić information content (AvgIpc) is 3.04. The lowest BCUT2D eigenvalue weighted by molar-refractivity contribution is -0.124. The molecule has 1 aromatic rings. The van der Waals surface area contributed by atoms with E-state index in [1.165, 1.54) is 0 Å². The summed E-state index contributed by atoms with van der Waals surface area (Å²) in [5, 5.41) is 12.1. The average molecular weight is 276 g/mol. The van der Waals surface area contributed by atoms with Crippen LogP contribution in [-0.2, 0) is 29.1 Å². The SMILES string of the molecule is CN(Cc1nnc2n1CCC2)C(=O)C1=NNC(=O)CC1. The summed E-state index contributed by atoms with van der Waals surface area (Å²) in [5.41, 5.74) is 2.72. The highest BCUT2D eigenvalue weighted by Gasteiger charge is 2.24. The van der Waals surface area contributed by atoms with Gasteiger partial charge in [-0.2, -0.15) is 5.10 Å². The minimum absolute atomic E-state index is 0.153. The first kappa shape index (κ1) is 12.8. The quantitative estimate of drug-likeness (QED) is 0.801. The van der Waals surface area contributed by atoms with Gasteiger partial charge in [0.05, 0.1) is 6.54 Å². The van der Waals surface area contributed by atoms with Crippen LogP contribution in [0.15, 0.2) is 5.10 Å². The zero-order chi connectivity index (χ0) is 14.1. The molecule has 8 nitrogen and oxygen atoms in total. The van der Waals surface area contributed by atoms with E-state index in [-0.39, 0.29) is 11.8 Å². The number of aromatic nitrogens is 3. The number of nitrogens with zero attached hydrogens (tertiary/aromatic N) is 5. The van der Waals surface area contributed by atoms with E-state index in [4.69, 9.17) is 0 Å². The van der Waals surface area contributed by atoms with Crippen molar-refractivity contribution in [2.75, 3.05) is 7.05 Å². The van der Waals surface area contributed by atoms with Gasteiger partial charge in [0.15, 0.2) is 5.82 Å². The van der Waals surface area contributed by atoms with Crippen LogP contribution in [0.4, 0.5) is 0 Å². The summed E-state index contributed by atoms with van der Waals surface area (Å²) in [7, 11) is 1.71. The first-order chi connectivity index (χ1) is 9.65. The highest BCUT2D eigenvalue weighted by molar-refractivity contribution is 6.39. The Balaban J connectivity index is 1.68. The molecule has 0 aliphatic carbocycles. The van der Waals surface area contributed by atoms with E-state index in [2.05, 4.69) is 25.3 Å². The monoisotopic (exact) mass is 276 g/mol. The van der Waals surface area contributed by atoms with Crippen molar-refractivity contribution in [2.24, 2.45) is 5.10 Å². The van der Waals surface area contributed by atoms with Crippen LogP contribution in [-0.4, -0.2) is 44.2 Å². The Kier molecular flexibility index (Phi) is 3.21. The predicted octanol–water partition coefficient (Wildman–Crippen LogP) is -0.551. The molecule has 2 amide bonds. The molecule has 1 aromatic heterocycles. The molecule has 106 valence electrons. The second kappa shape index (κ2) is 5.03. The van der Waals surface area contributed by atoms with Crippen molar-refractivity contribution in [3.63, 3.8) is 0 Å². The topological polar surface area (TPSA) is 92.5 Å². The van der Waals surface area contributed by atoms with Crippen molar-refractivity contribution in [1.29, 1.82) is 0 Å². The third-order valence-corrected chi connectivity index (χ3v) is 3.56. The molecule has 2 aliphatic rings. The second-order valence-electron chi connectivity index (χ2n) is 5.04. The fraction of sp³-hybridized carbons (Fsp3) is 0.583. The molecule has 3 heterocycles. The number of amides is 2. The minimum Gasteiger partial charge on any atom is -0.333 e. The maximum Gasteiger partial charge on any atom is 0.270 e. The molecular formula is C12H16N6O2. The fourth-order valence-electron chi connectivity index (χ4n) is 2.46. The van der Waals surface area contributed by atoms with E-state index in [0.29, 0.717) is 25.1 Å². The van der Waals surface area contributed by atoms with Crippen molar-refractivity contribution in [2.45, 2.75) is 38.8 Å². The van der Waals surface area contributed by atoms with Crippen molar-refractivity contribution < 1.29 is 9.59 Å². The molecule has 0 unspecified atom stereocenters. The predicted molar refractivity (Wildman–Crippen MR) is 69.6 cm³/mol. The first-order valence-electron chi connectivity index (χ1n) is 6.67. The second-order valence-corrected chi connectivity index (χ2v) is 5.04. The van der Waals surface area contributed by atoms with Crippen molar-refractivity contribution >= 4 is 17.5 Å². The molecule has 3 rings (SSSR count). The van der Waals surface area contributed by atoms with E-state index in [0.717, 1.165) is 31.0 Å². The molecule has 0 fully saturated rings. The van der Waals surface area contributed by atoms with Crippen LogP contribution < -0.4 is 5.43 Å². The third kappa shape index (κ3) is 2.28. The van der Waals surface area contributed by atoms with Gasteiger partial charge in [0, 0.05) is 32.9 Å². The Labute approximate surface area is 115 Å². The van der Waals surface area contributed by atoms with Crippen LogP contribution in [0.3, 0.4) is 0 Å².